The molecule has 1 aromatic heterocycles. The van der Waals surface area contributed by atoms with E-state index in [1.807, 2.05) is 11.3 Å². The van der Waals surface area contributed by atoms with Gasteiger partial charge in [-0.25, -0.2) is 0 Å². The number of hydrogen-bond acceptors (Lipinski definition) is 3. The van der Waals surface area contributed by atoms with Crippen LogP contribution in [0.1, 0.15) is 40.5 Å². The van der Waals surface area contributed by atoms with Gasteiger partial charge in [-0.05, 0) is 54.0 Å². The standard InChI is InChI=1S/C17H18BrNOS/c18-13-8-11-4-6-20-17(11)12(9-13)10-19-15-2-1-3-16-14(15)5-7-21-16/h5,7-9,15,19H,1-4,6,10H2. The molecule has 1 unspecified atom stereocenters. The molecule has 0 saturated carbocycles. The molecule has 1 atom stereocenters. The van der Waals surface area contributed by atoms with Gasteiger partial charge in [-0.2, -0.15) is 0 Å². The van der Waals surface area contributed by atoms with Gasteiger partial charge in [0, 0.05) is 33.9 Å². The number of rotatable bonds is 3. The van der Waals surface area contributed by atoms with Crippen LogP contribution in [0.3, 0.4) is 0 Å². The van der Waals surface area contributed by atoms with Gasteiger partial charge in [0.25, 0.3) is 0 Å². The largest absolute Gasteiger partial charge is 0.493 e. The highest BCUT2D eigenvalue weighted by atomic mass is 79.9. The summed E-state index contributed by atoms with van der Waals surface area (Å²) in [7, 11) is 0. The predicted molar refractivity (Wildman–Crippen MR) is 90.2 cm³/mol. The number of aryl methyl sites for hydroxylation is 1. The third-order valence-corrected chi connectivity index (χ3v) is 5.87. The molecule has 110 valence electrons. The zero-order valence-corrected chi connectivity index (χ0v) is 14.2. The van der Waals surface area contributed by atoms with Gasteiger partial charge in [-0.15, -0.1) is 11.3 Å². The van der Waals surface area contributed by atoms with Crippen molar-refractivity contribution in [2.75, 3.05) is 6.61 Å². The van der Waals surface area contributed by atoms with Crippen LogP contribution in [0.4, 0.5) is 0 Å². The molecule has 4 heteroatoms. The first kappa shape index (κ1) is 13.8. The highest BCUT2D eigenvalue weighted by Gasteiger charge is 2.22. The maximum atomic E-state index is 5.82. The van der Waals surface area contributed by atoms with Crippen LogP contribution in [0.5, 0.6) is 5.75 Å². The highest BCUT2D eigenvalue weighted by Crippen LogP contribution is 2.36. The van der Waals surface area contributed by atoms with Crippen LogP contribution in [0.15, 0.2) is 28.1 Å². The lowest BCUT2D eigenvalue weighted by atomic mass is 9.94. The van der Waals surface area contributed by atoms with E-state index in [4.69, 9.17) is 4.74 Å². The Bertz CT molecular complexity index is 667. The van der Waals surface area contributed by atoms with Crippen molar-refractivity contribution >= 4 is 27.3 Å². The van der Waals surface area contributed by atoms with E-state index in [0.717, 1.165) is 29.8 Å². The molecule has 0 saturated heterocycles. The lowest BCUT2D eigenvalue weighted by molar-refractivity contribution is 0.350. The summed E-state index contributed by atoms with van der Waals surface area (Å²) in [6, 6.07) is 7.16. The average Bonchev–Trinajstić information content (AvgIpc) is 3.12. The van der Waals surface area contributed by atoms with Crippen molar-refractivity contribution in [3.63, 3.8) is 0 Å². The normalized spacial score (nSPS) is 20.0. The maximum Gasteiger partial charge on any atom is 0.127 e. The van der Waals surface area contributed by atoms with Crippen molar-refractivity contribution in [3.8, 4) is 5.75 Å². The minimum absolute atomic E-state index is 0.496. The number of hydrogen-bond donors (Lipinski definition) is 1. The number of halogens is 1. The molecule has 1 aliphatic heterocycles. The van der Waals surface area contributed by atoms with E-state index in [-0.39, 0.29) is 0 Å². The average molecular weight is 364 g/mol. The molecular weight excluding hydrogens is 346 g/mol. The molecule has 1 N–H and O–H groups in total. The van der Waals surface area contributed by atoms with E-state index in [1.165, 1.54) is 36.0 Å². The van der Waals surface area contributed by atoms with Crippen molar-refractivity contribution in [2.24, 2.45) is 0 Å². The fourth-order valence-corrected chi connectivity index (χ4v) is 4.95. The first-order valence-corrected chi connectivity index (χ1v) is 9.22. The van der Waals surface area contributed by atoms with E-state index in [2.05, 4.69) is 44.8 Å². The van der Waals surface area contributed by atoms with E-state index in [1.54, 1.807) is 4.88 Å². The summed E-state index contributed by atoms with van der Waals surface area (Å²) >= 11 is 5.52. The Kier molecular flexibility index (Phi) is 3.78. The van der Waals surface area contributed by atoms with Gasteiger partial charge in [-0.1, -0.05) is 15.9 Å². The predicted octanol–water partition coefficient (Wildman–Crippen LogP) is 4.61. The van der Waals surface area contributed by atoms with Gasteiger partial charge in [0.05, 0.1) is 6.61 Å². The SMILES string of the molecule is Brc1cc2c(c(CNC3CCCc4sccc43)c1)OCC2. The smallest absolute Gasteiger partial charge is 0.127 e. The van der Waals surface area contributed by atoms with Crippen molar-refractivity contribution < 1.29 is 4.74 Å². The fourth-order valence-electron chi connectivity index (χ4n) is 3.41. The van der Waals surface area contributed by atoms with Crippen LogP contribution in [-0.4, -0.2) is 6.61 Å². The van der Waals surface area contributed by atoms with Gasteiger partial charge in [0.2, 0.25) is 0 Å². The second kappa shape index (κ2) is 5.75. The number of thiophene rings is 1. The molecule has 2 aromatic rings. The first-order valence-electron chi connectivity index (χ1n) is 7.55. The van der Waals surface area contributed by atoms with Crippen LogP contribution in [0.25, 0.3) is 0 Å². The molecule has 0 radical (unpaired) electrons. The van der Waals surface area contributed by atoms with Crippen molar-refractivity contribution in [1.29, 1.82) is 0 Å². The summed E-state index contributed by atoms with van der Waals surface area (Å²) in [5, 5.41) is 5.97. The van der Waals surface area contributed by atoms with Crippen LogP contribution >= 0.6 is 27.3 Å². The number of benzene rings is 1. The van der Waals surface area contributed by atoms with Crippen LogP contribution in [0.2, 0.25) is 0 Å². The lowest BCUT2D eigenvalue weighted by Crippen LogP contribution is -2.24. The minimum Gasteiger partial charge on any atom is -0.493 e. The summed E-state index contributed by atoms with van der Waals surface area (Å²) in [5.41, 5.74) is 4.12. The molecule has 2 aliphatic rings. The van der Waals surface area contributed by atoms with E-state index >= 15 is 0 Å². The molecule has 4 rings (SSSR count). The van der Waals surface area contributed by atoms with Crippen LogP contribution in [0, 0.1) is 0 Å². The summed E-state index contributed by atoms with van der Waals surface area (Å²) in [6.45, 7) is 1.69. The van der Waals surface area contributed by atoms with Gasteiger partial charge in [0.15, 0.2) is 0 Å². The Morgan fingerprint density at radius 3 is 3.24 bits per heavy atom. The van der Waals surface area contributed by atoms with Crippen molar-refractivity contribution in [3.05, 3.63) is 49.6 Å². The quantitative estimate of drug-likeness (QED) is 0.859. The van der Waals surface area contributed by atoms with E-state index in [9.17, 15) is 0 Å². The Morgan fingerprint density at radius 1 is 1.33 bits per heavy atom. The molecule has 1 aromatic carbocycles. The summed E-state index contributed by atoms with van der Waals surface area (Å²) in [4.78, 5) is 1.56. The Hall–Kier alpha value is -0.840. The van der Waals surface area contributed by atoms with Crippen molar-refractivity contribution in [2.45, 2.75) is 38.3 Å². The fraction of sp³-hybridized carbons (Fsp3) is 0.412. The molecule has 0 fully saturated rings. The second-order valence-corrected chi connectivity index (χ2v) is 7.69. The number of nitrogens with one attached hydrogen (secondary N) is 1. The third kappa shape index (κ3) is 2.65. The zero-order chi connectivity index (χ0) is 14.2. The molecule has 2 heterocycles. The Labute approximate surface area is 137 Å². The summed E-state index contributed by atoms with van der Waals surface area (Å²) in [5.74, 6) is 1.10. The topological polar surface area (TPSA) is 21.3 Å². The molecule has 1 aliphatic carbocycles. The molecule has 0 amide bonds. The van der Waals surface area contributed by atoms with Gasteiger partial charge >= 0.3 is 0 Å². The molecule has 2 nitrogen and oxygen atoms in total. The van der Waals surface area contributed by atoms with Crippen molar-refractivity contribution in [1.82, 2.24) is 5.32 Å². The molecule has 21 heavy (non-hydrogen) atoms. The zero-order valence-electron chi connectivity index (χ0n) is 11.8. The third-order valence-electron chi connectivity index (χ3n) is 4.42. The van der Waals surface area contributed by atoms with Gasteiger partial charge in [-0.3, -0.25) is 0 Å². The van der Waals surface area contributed by atoms with Gasteiger partial charge in [0.1, 0.15) is 5.75 Å². The monoisotopic (exact) mass is 363 g/mol. The maximum absolute atomic E-state index is 5.82. The highest BCUT2D eigenvalue weighted by molar-refractivity contribution is 9.10. The Morgan fingerprint density at radius 2 is 2.29 bits per heavy atom. The molecule has 0 spiro atoms. The van der Waals surface area contributed by atoms with Crippen LogP contribution in [-0.2, 0) is 19.4 Å². The Balaban J connectivity index is 1.54. The van der Waals surface area contributed by atoms with E-state index < -0.39 is 0 Å². The molecular formula is C17H18BrNOS. The number of ether oxygens (including phenoxy) is 1. The van der Waals surface area contributed by atoms with E-state index in [0.29, 0.717) is 6.04 Å². The molecule has 0 bridgehead atoms. The summed E-state index contributed by atoms with van der Waals surface area (Å²) < 4.78 is 6.98. The van der Waals surface area contributed by atoms with Crippen LogP contribution < -0.4 is 10.1 Å². The second-order valence-electron chi connectivity index (χ2n) is 5.78. The van der Waals surface area contributed by atoms with Gasteiger partial charge < -0.3 is 10.1 Å². The lowest BCUT2D eigenvalue weighted by Gasteiger charge is -2.24. The minimum atomic E-state index is 0.496. The first-order chi connectivity index (χ1) is 10.3. The number of fused-ring (bicyclic) bond motifs is 2. The summed E-state index contributed by atoms with van der Waals surface area (Å²) in [6.07, 6.45) is 4.81.